The molecule has 15 rings (SSSR count). The van der Waals surface area contributed by atoms with Crippen molar-refractivity contribution in [2.45, 2.75) is 94.4 Å². The summed E-state index contributed by atoms with van der Waals surface area (Å²) in [6.07, 6.45) is 9.89. The van der Waals surface area contributed by atoms with Crippen LogP contribution in [0.25, 0.3) is 33.8 Å². The van der Waals surface area contributed by atoms with E-state index in [2.05, 4.69) is 61.8 Å². The van der Waals surface area contributed by atoms with Gasteiger partial charge in [0.05, 0.1) is 110 Å². The Morgan fingerprint density at radius 2 is 0.692 bits per heavy atom. The average Bonchev–Trinajstić information content (AvgIpc) is 1.65. The zero-order valence-corrected chi connectivity index (χ0v) is 66.8. The minimum atomic E-state index is -0.622. The van der Waals surface area contributed by atoms with E-state index in [1.165, 1.54) is 14.7 Å². The molecule has 117 heavy (non-hydrogen) atoms. The van der Waals surface area contributed by atoms with Crippen LogP contribution in [-0.4, -0.2) is 214 Å². The fraction of sp³-hybridized carbons (Fsp3) is 0.357. The molecule has 9 heterocycles. The van der Waals surface area contributed by atoms with Gasteiger partial charge in [0.15, 0.2) is 0 Å². The SMILES string of the molecule is COc1cccc(C(CO)NC(=O)CN2Cc3ccc(-c4nc(NC5CCOCC5)ncc4Cl)cc3C2=O)c1.COc1cccc([C@@H](CO)NC(=O)CN2Cc3ccc(-c4nc(NC5CCOCC5)ncc4Cl)cc3C2=O)c1.COc1cccc([C@H](CO)NC(=O)CN2Cc3ccc(-c4nc(NC5CCOCC5)ncc4Cl)cc3C2=O)c1. The van der Waals surface area contributed by atoms with Gasteiger partial charge in [-0.25, -0.2) is 29.9 Å². The number of aromatic nitrogens is 6. The number of methoxy groups -OCH3 is 3. The molecule has 0 saturated carbocycles. The number of carbonyl (C=O) groups is 6. The molecule has 3 atom stereocenters. The summed E-state index contributed by atoms with van der Waals surface area (Å²) in [6, 6.07) is 36.6. The quantitative estimate of drug-likeness (QED) is 0.0231. The summed E-state index contributed by atoms with van der Waals surface area (Å²) in [5.41, 5.74) is 9.70. The van der Waals surface area contributed by atoms with E-state index in [0.717, 1.165) is 55.2 Å². The first-order chi connectivity index (χ1) is 56.8. The summed E-state index contributed by atoms with van der Waals surface area (Å²) >= 11 is 19.3. The van der Waals surface area contributed by atoms with E-state index in [4.69, 9.17) is 63.2 Å². The van der Waals surface area contributed by atoms with Crippen LogP contribution >= 0.6 is 34.8 Å². The summed E-state index contributed by atoms with van der Waals surface area (Å²) in [4.78, 5) is 109. The van der Waals surface area contributed by atoms with Crippen molar-refractivity contribution in [1.82, 2.24) is 60.6 Å². The van der Waals surface area contributed by atoms with Crippen molar-refractivity contribution in [2.24, 2.45) is 0 Å². The molecule has 1 unspecified atom stereocenters. The Balaban J connectivity index is 0.000000152. The molecule has 33 heteroatoms. The molecule has 6 amide bonds. The van der Waals surface area contributed by atoms with Crippen LogP contribution in [0.15, 0.2) is 146 Å². The second kappa shape index (κ2) is 39.6. The summed E-state index contributed by atoms with van der Waals surface area (Å²) in [7, 11) is 4.65. The highest BCUT2D eigenvalue weighted by molar-refractivity contribution is 6.33. The number of aliphatic hydroxyl groups excluding tert-OH is 3. The van der Waals surface area contributed by atoms with Crippen LogP contribution in [0.1, 0.15) is 121 Å². The molecule has 30 nitrogen and oxygen atoms in total. The van der Waals surface area contributed by atoms with E-state index < -0.39 is 18.1 Å². The van der Waals surface area contributed by atoms with E-state index in [1.54, 1.807) is 131 Å². The summed E-state index contributed by atoms with van der Waals surface area (Å²) in [5, 5.41) is 49.1. The smallest absolute Gasteiger partial charge is 0.254 e. The largest absolute Gasteiger partial charge is 0.497 e. The van der Waals surface area contributed by atoms with Gasteiger partial charge >= 0.3 is 0 Å². The fourth-order valence-corrected chi connectivity index (χ4v) is 15.0. The normalized spacial score (nSPS) is 16.1. The van der Waals surface area contributed by atoms with Gasteiger partial charge in [-0.15, -0.1) is 0 Å². The van der Waals surface area contributed by atoms with Crippen molar-refractivity contribution in [3.63, 3.8) is 0 Å². The van der Waals surface area contributed by atoms with Crippen molar-refractivity contribution in [3.05, 3.63) is 211 Å². The van der Waals surface area contributed by atoms with Gasteiger partial charge in [0.25, 0.3) is 17.7 Å². The molecule has 6 aliphatic rings. The zero-order valence-electron chi connectivity index (χ0n) is 64.6. The van der Waals surface area contributed by atoms with Crippen LogP contribution in [0.3, 0.4) is 0 Å². The van der Waals surface area contributed by atoms with Gasteiger partial charge in [-0.1, -0.05) is 108 Å². The van der Waals surface area contributed by atoms with Gasteiger partial charge in [0, 0.05) is 111 Å². The molecule has 0 radical (unpaired) electrons. The zero-order chi connectivity index (χ0) is 82.1. The van der Waals surface area contributed by atoms with Crippen LogP contribution in [0.4, 0.5) is 17.8 Å². The average molecular weight is 1660 g/mol. The number of hydrogen-bond acceptors (Lipinski definition) is 24. The molecule has 3 saturated heterocycles. The number of anilines is 3. The topological polar surface area (TPSA) is 378 Å². The first kappa shape index (κ1) is 83.7. The number of fused-ring (bicyclic) bond motifs is 3. The molecule has 6 aromatic carbocycles. The van der Waals surface area contributed by atoms with E-state index in [0.29, 0.717) is 177 Å². The third kappa shape index (κ3) is 21.2. The molecule has 0 aliphatic carbocycles. The van der Waals surface area contributed by atoms with Gasteiger partial charge in [0.1, 0.15) is 36.9 Å². The van der Waals surface area contributed by atoms with Crippen LogP contribution < -0.4 is 46.1 Å². The number of benzene rings is 6. The third-order valence-electron chi connectivity index (χ3n) is 20.7. The molecule has 3 fully saturated rings. The highest BCUT2D eigenvalue weighted by atomic mass is 35.5. The van der Waals surface area contributed by atoms with Crippen molar-refractivity contribution in [3.8, 4) is 51.0 Å². The number of amides is 6. The Bertz CT molecular complexity index is 4580. The lowest BCUT2D eigenvalue weighted by Gasteiger charge is -2.23. The summed E-state index contributed by atoms with van der Waals surface area (Å²) < 4.78 is 31.9. The first-order valence-electron chi connectivity index (χ1n) is 38.4. The van der Waals surface area contributed by atoms with Crippen molar-refractivity contribution >= 4 is 88.1 Å². The van der Waals surface area contributed by atoms with Crippen molar-refractivity contribution in [2.75, 3.05) is 116 Å². The first-order valence-corrected chi connectivity index (χ1v) is 39.5. The highest BCUT2D eigenvalue weighted by Crippen LogP contribution is 2.37. The van der Waals surface area contributed by atoms with Gasteiger partial charge in [-0.2, -0.15) is 0 Å². The van der Waals surface area contributed by atoms with Gasteiger partial charge in [-0.05, 0) is 127 Å². The molecule has 612 valence electrons. The number of nitrogens with one attached hydrogen (secondary N) is 6. The Kier molecular flexibility index (Phi) is 28.4. The van der Waals surface area contributed by atoms with Gasteiger partial charge < -0.3 is 90.3 Å². The number of hydrogen-bond donors (Lipinski definition) is 9. The number of ether oxygens (including phenoxy) is 6. The van der Waals surface area contributed by atoms with E-state index in [9.17, 15) is 44.1 Å². The monoisotopic (exact) mass is 1650 g/mol. The Hall–Kier alpha value is -11.2. The molecular weight excluding hydrogens is 1570 g/mol. The third-order valence-corrected chi connectivity index (χ3v) is 21.6. The highest BCUT2D eigenvalue weighted by Gasteiger charge is 2.35. The van der Waals surface area contributed by atoms with E-state index >= 15 is 0 Å². The fourth-order valence-electron chi connectivity index (χ4n) is 14.4. The second-order valence-electron chi connectivity index (χ2n) is 28.6. The lowest BCUT2D eigenvalue weighted by atomic mass is 10.0. The van der Waals surface area contributed by atoms with E-state index in [-0.39, 0.29) is 93.0 Å². The van der Waals surface area contributed by atoms with Crippen LogP contribution in [-0.2, 0) is 48.2 Å². The molecule has 9 N–H and O–H groups in total. The van der Waals surface area contributed by atoms with Crippen LogP contribution in [0.2, 0.25) is 15.1 Å². The maximum atomic E-state index is 13.2. The minimum Gasteiger partial charge on any atom is -0.497 e. The van der Waals surface area contributed by atoms with Crippen LogP contribution in [0, 0.1) is 0 Å². The molecule has 3 aromatic heterocycles. The predicted molar refractivity (Wildman–Crippen MR) is 437 cm³/mol. The Morgan fingerprint density at radius 1 is 0.419 bits per heavy atom. The lowest BCUT2D eigenvalue weighted by Crippen LogP contribution is -2.40. The van der Waals surface area contributed by atoms with E-state index in [1.807, 2.05) is 36.4 Å². The molecule has 0 spiro atoms. The van der Waals surface area contributed by atoms with Crippen molar-refractivity contribution in [1.29, 1.82) is 0 Å². The van der Waals surface area contributed by atoms with Gasteiger partial charge in [-0.3, -0.25) is 28.8 Å². The molecule has 9 aromatic rings. The standard InChI is InChI=1S/3C28H30ClN5O5/c3*1-38-21-4-2-3-17(11-21)24(16-35)32-25(36)15-34-14-19-6-5-18(12-22(19)27(34)37)26-23(29)13-30-28(33-26)31-20-7-9-39-10-8-20/h3*2-6,11-13,20,24,35H,7-10,14-16H2,1H3,(H,32,36)(H,30,31,33)/t2*24-;/m10./s1. The number of halogens is 3. The molecule has 0 bridgehead atoms. The number of aliphatic hydroxyl groups is 3. The summed E-state index contributed by atoms with van der Waals surface area (Å²) in [5.74, 6) is 1.40. The lowest BCUT2D eigenvalue weighted by molar-refractivity contribution is -0.123. The van der Waals surface area contributed by atoms with Crippen LogP contribution in [0.5, 0.6) is 17.2 Å². The maximum absolute atomic E-state index is 13.2. The minimum absolute atomic E-state index is 0.142. The molecular formula is C84H90Cl3N15O15. The summed E-state index contributed by atoms with van der Waals surface area (Å²) in [6.45, 7) is 3.79. The van der Waals surface area contributed by atoms with Gasteiger partial charge in [0.2, 0.25) is 35.6 Å². The number of rotatable bonds is 27. The Morgan fingerprint density at radius 3 is 0.949 bits per heavy atom. The number of nitrogens with zero attached hydrogens (tertiary/aromatic N) is 9. The second-order valence-corrected chi connectivity index (χ2v) is 29.8. The predicted octanol–water partition coefficient (Wildman–Crippen LogP) is 9.61. The van der Waals surface area contributed by atoms with Crippen molar-refractivity contribution < 1.29 is 72.5 Å². The number of carbonyl (C=O) groups excluding carboxylic acids is 6. The Labute approximate surface area is 690 Å². The maximum Gasteiger partial charge on any atom is 0.254 e. The molecule has 6 aliphatic heterocycles.